The fourth-order valence-electron chi connectivity index (χ4n) is 1.45. The van der Waals surface area contributed by atoms with E-state index in [4.69, 9.17) is 15.9 Å². The van der Waals surface area contributed by atoms with Crippen molar-refractivity contribution in [1.29, 1.82) is 0 Å². The third-order valence-corrected chi connectivity index (χ3v) is 3.23. The van der Waals surface area contributed by atoms with E-state index in [0.29, 0.717) is 10.2 Å². The van der Waals surface area contributed by atoms with Crippen LogP contribution in [0.2, 0.25) is 0 Å². The zero-order chi connectivity index (χ0) is 15.3. The Bertz CT molecular complexity index is 547. The molecule has 0 spiro atoms. The maximum absolute atomic E-state index is 11.9. The molecular formula is C12H13BrN2O5. The van der Waals surface area contributed by atoms with Crippen molar-refractivity contribution in [2.75, 3.05) is 5.73 Å². The van der Waals surface area contributed by atoms with Crippen LogP contribution < -0.4 is 11.1 Å². The van der Waals surface area contributed by atoms with E-state index in [9.17, 15) is 14.4 Å². The molecule has 0 radical (unpaired) electrons. The quantitative estimate of drug-likeness (QED) is 0.571. The van der Waals surface area contributed by atoms with Crippen molar-refractivity contribution >= 4 is 39.5 Å². The zero-order valence-electron chi connectivity index (χ0n) is 10.3. The van der Waals surface area contributed by atoms with E-state index in [-0.39, 0.29) is 18.4 Å². The van der Waals surface area contributed by atoms with Crippen LogP contribution in [0.4, 0.5) is 5.69 Å². The molecule has 1 rings (SSSR count). The van der Waals surface area contributed by atoms with Crippen molar-refractivity contribution in [3.05, 3.63) is 28.2 Å². The minimum absolute atomic E-state index is 0.192. The summed E-state index contributed by atoms with van der Waals surface area (Å²) in [5, 5.41) is 19.7. The van der Waals surface area contributed by atoms with Crippen LogP contribution in [0.15, 0.2) is 22.7 Å². The SMILES string of the molecule is Nc1cc(C(=O)NC(CCC(=O)O)C(=O)O)ccc1Br. The van der Waals surface area contributed by atoms with Gasteiger partial charge in [-0.2, -0.15) is 0 Å². The monoisotopic (exact) mass is 344 g/mol. The van der Waals surface area contributed by atoms with E-state index >= 15 is 0 Å². The number of benzene rings is 1. The highest BCUT2D eigenvalue weighted by Crippen LogP contribution is 2.20. The first kappa shape index (κ1) is 16.0. The molecule has 0 bridgehead atoms. The summed E-state index contributed by atoms with van der Waals surface area (Å²) in [7, 11) is 0. The minimum atomic E-state index is -1.29. The van der Waals surface area contributed by atoms with Gasteiger partial charge in [-0.3, -0.25) is 9.59 Å². The van der Waals surface area contributed by atoms with Gasteiger partial charge in [0.05, 0.1) is 0 Å². The highest BCUT2D eigenvalue weighted by molar-refractivity contribution is 9.10. The molecule has 0 aromatic heterocycles. The predicted octanol–water partition coefficient (Wildman–Crippen LogP) is 1.08. The highest BCUT2D eigenvalue weighted by Gasteiger charge is 2.21. The Labute approximate surface area is 122 Å². The van der Waals surface area contributed by atoms with Gasteiger partial charge < -0.3 is 21.3 Å². The molecule has 8 heteroatoms. The highest BCUT2D eigenvalue weighted by atomic mass is 79.9. The Morgan fingerprint density at radius 3 is 2.45 bits per heavy atom. The van der Waals surface area contributed by atoms with Gasteiger partial charge in [-0.05, 0) is 40.5 Å². The molecule has 108 valence electrons. The van der Waals surface area contributed by atoms with E-state index in [1.54, 1.807) is 6.07 Å². The molecular weight excluding hydrogens is 332 g/mol. The van der Waals surface area contributed by atoms with Gasteiger partial charge in [-0.15, -0.1) is 0 Å². The topological polar surface area (TPSA) is 130 Å². The maximum atomic E-state index is 11.9. The molecule has 5 N–H and O–H groups in total. The molecule has 0 aliphatic heterocycles. The summed E-state index contributed by atoms with van der Waals surface area (Å²) in [5.74, 6) is -3.04. The number of hydrogen-bond acceptors (Lipinski definition) is 4. The number of nitrogens with two attached hydrogens (primary N) is 1. The third kappa shape index (κ3) is 4.54. The van der Waals surface area contributed by atoms with Gasteiger partial charge in [0.1, 0.15) is 6.04 Å². The molecule has 20 heavy (non-hydrogen) atoms. The predicted molar refractivity (Wildman–Crippen MR) is 74.3 cm³/mol. The maximum Gasteiger partial charge on any atom is 0.326 e. The van der Waals surface area contributed by atoms with E-state index in [1.807, 2.05) is 0 Å². The summed E-state index contributed by atoms with van der Waals surface area (Å²) < 4.78 is 0.620. The second kappa shape index (κ2) is 6.90. The molecule has 1 unspecified atom stereocenters. The summed E-state index contributed by atoms with van der Waals surface area (Å²) in [4.78, 5) is 33.3. The number of anilines is 1. The molecule has 1 aromatic carbocycles. The van der Waals surface area contributed by atoms with Crippen molar-refractivity contribution in [2.45, 2.75) is 18.9 Å². The second-order valence-corrected chi connectivity index (χ2v) is 4.89. The number of carbonyl (C=O) groups is 3. The molecule has 0 saturated heterocycles. The molecule has 0 saturated carbocycles. The molecule has 7 nitrogen and oxygen atoms in total. The zero-order valence-corrected chi connectivity index (χ0v) is 11.9. The lowest BCUT2D eigenvalue weighted by molar-refractivity contribution is -0.140. The van der Waals surface area contributed by atoms with Crippen LogP contribution in [0.5, 0.6) is 0 Å². The minimum Gasteiger partial charge on any atom is -0.481 e. The molecule has 0 fully saturated rings. The van der Waals surface area contributed by atoms with Crippen molar-refractivity contribution in [3.8, 4) is 0 Å². The summed E-state index contributed by atoms with van der Waals surface area (Å²) in [5.41, 5.74) is 6.17. The van der Waals surface area contributed by atoms with Gasteiger partial charge in [-0.1, -0.05) is 0 Å². The van der Waals surface area contributed by atoms with Crippen LogP contribution in [0.25, 0.3) is 0 Å². The smallest absolute Gasteiger partial charge is 0.326 e. The van der Waals surface area contributed by atoms with Gasteiger partial charge in [0, 0.05) is 22.1 Å². The Hall–Kier alpha value is -2.09. The summed E-state index contributed by atoms with van der Waals surface area (Å²) in [6.07, 6.45) is -0.540. The molecule has 0 aliphatic rings. The van der Waals surface area contributed by atoms with Crippen LogP contribution in [0, 0.1) is 0 Å². The van der Waals surface area contributed by atoms with Crippen molar-refractivity contribution in [2.24, 2.45) is 0 Å². The Morgan fingerprint density at radius 1 is 1.30 bits per heavy atom. The van der Waals surface area contributed by atoms with E-state index < -0.39 is 23.9 Å². The number of rotatable bonds is 6. The lowest BCUT2D eigenvalue weighted by Gasteiger charge is -2.13. The number of carboxylic acid groups (broad SMARTS) is 2. The number of nitrogens with one attached hydrogen (secondary N) is 1. The number of aliphatic carboxylic acids is 2. The largest absolute Gasteiger partial charge is 0.481 e. The third-order valence-electron chi connectivity index (χ3n) is 2.51. The van der Waals surface area contributed by atoms with Crippen molar-refractivity contribution < 1.29 is 24.6 Å². The normalized spacial score (nSPS) is 11.7. The summed E-state index contributed by atoms with van der Waals surface area (Å²) >= 11 is 3.18. The van der Waals surface area contributed by atoms with Crippen LogP contribution >= 0.6 is 15.9 Å². The van der Waals surface area contributed by atoms with Crippen LogP contribution in [-0.2, 0) is 9.59 Å². The van der Waals surface area contributed by atoms with Crippen LogP contribution in [-0.4, -0.2) is 34.1 Å². The van der Waals surface area contributed by atoms with Gasteiger partial charge >= 0.3 is 11.9 Å². The number of carbonyl (C=O) groups excluding carboxylic acids is 1. The van der Waals surface area contributed by atoms with E-state index in [0.717, 1.165) is 0 Å². The van der Waals surface area contributed by atoms with Gasteiger partial charge in [0.25, 0.3) is 5.91 Å². The number of hydrogen-bond donors (Lipinski definition) is 4. The Kier molecular flexibility index (Phi) is 5.51. The average molecular weight is 345 g/mol. The molecule has 1 amide bonds. The molecule has 0 heterocycles. The number of carboxylic acids is 2. The first-order valence-electron chi connectivity index (χ1n) is 5.61. The van der Waals surface area contributed by atoms with Gasteiger partial charge in [0.15, 0.2) is 0 Å². The van der Waals surface area contributed by atoms with E-state index in [1.165, 1.54) is 12.1 Å². The van der Waals surface area contributed by atoms with Crippen LogP contribution in [0.3, 0.4) is 0 Å². The summed E-state index contributed by atoms with van der Waals surface area (Å²) in [6.45, 7) is 0. The summed E-state index contributed by atoms with van der Waals surface area (Å²) in [6, 6.07) is 3.18. The first-order valence-corrected chi connectivity index (χ1v) is 6.41. The van der Waals surface area contributed by atoms with Gasteiger partial charge in [-0.25, -0.2) is 4.79 Å². The Balaban J connectivity index is 2.77. The molecule has 1 aromatic rings. The van der Waals surface area contributed by atoms with Gasteiger partial charge in [0.2, 0.25) is 0 Å². The van der Waals surface area contributed by atoms with E-state index in [2.05, 4.69) is 21.2 Å². The number of amides is 1. The average Bonchev–Trinajstić information content (AvgIpc) is 2.36. The fourth-order valence-corrected chi connectivity index (χ4v) is 1.70. The van der Waals surface area contributed by atoms with Crippen molar-refractivity contribution in [3.63, 3.8) is 0 Å². The number of nitrogen functional groups attached to an aromatic ring is 1. The number of halogens is 1. The lowest BCUT2D eigenvalue weighted by Crippen LogP contribution is -2.41. The molecule has 0 aliphatic carbocycles. The first-order chi connectivity index (χ1) is 9.31. The standard InChI is InChI=1S/C12H13BrN2O5/c13-7-2-1-6(5-8(7)14)11(18)15-9(12(19)20)3-4-10(16)17/h1-2,5,9H,3-4,14H2,(H,15,18)(H,16,17)(H,19,20). The van der Waals surface area contributed by atoms with Crippen molar-refractivity contribution in [1.82, 2.24) is 5.32 Å². The lowest BCUT2D eigenvalue weighted by atomic mass is 10.1. The Morgan fingerprint density at radius 2 is 1.95 bits per heavy atom. The second-order valence-electron chi connectivity index (χ2n) is 4.03. The molecule has 1 atom stereocenters. The van der Waals surface area contributed by atoms with Crippen LogP contribution in [0.1, 0.15) is 23.2 Å². The fraction of sp³-hybridized carbons (Fsp3) is 0.250.